The number of aromatic nitrogens is 1. The van der Waals surface area contributed by atoms with Crippen LogP contribution in [0.15, 0.2) is 42.6 Å². The Morgan fingerprint density at radius 3 is 2.62 bits per heavy atom. The first-order valence-corrected chi connectivity index (χ1v) is 7.95. The van der Waals surface area contributed by atoms with Crippen LogP contribution in [0.3, 0.4) is 0 Å². The van der Waals surface area contributed by atoms with Gasteiger partial charge in [-0.25, -0.2) is 0 Å². The number of imide groups is 1. The van der Waals surface area contributed by atoms with E-state index in [0.717, 1.165) is 4.90 Å². The van der Waals surface area contributed by atoms with Crippen LogP contribution in [0.2, 0.25) is 0 Å². The second kappa shape index (κ2) is 7.64. The topological polar surface area (TPSA) is 97.8 Å². The van der Waals surface area contributed by atoms with Gasteiger partial charge in [-0.2, -0.15) is 0 Å². The molecule has 0 spiro atoms. The number of fused-ring (bicyclic) bond motifs is 1. The molecule has 0 saturated carbocycles. The minimum Gasteiger partial charge on any atom is -0.493 e. The molecule has 1 aliphatic rings. The Kier molecular flexibility index (Phi) is 5.12. The maximum Gasteiger partial charge on any atom is 0.280 e. The molecule has 0 radical (unpaired) electrons. The molecule has 1 aliphatic heterocycles. The van der Waals surface area contributed by atoms with Gasteiger partial charge in [0.15, 0.2) is 18.1 Å². The normalized spacial score (nSPS) is 12.7. The van der Waals surface area contributed by atoms with Gasteiger partial charge in [0.25, 0.3) is 17.7 Å². The second-order valence-electron chi connectivity index (χ2n) is 5.45. The zero-order valence-corrected chi connectivity index (χ0v) is 14.1. The maximum absolute atomic E-state index is 12.2. The Balaban J connectivity index is 1.47. The van der Waals surface area contributed by atoms with E-state index >= 15 is 0 Å². The summed E-state index contributed by atoms with van der Waals surface area (Å²) >= 11 is 0. The molecule has 8 nitrogen and oxygen atoms in total. The van der Waals surface area contributed by atoms with Crippen LogP contribution in [0.5, 0.6) is 11.5 Å². The fraction of sp³-hybridized carbons (Fsp3) is 0.222. The Morgan fingerprint density at radius 1 is 1.12 bits per heavy atom. The molecule has 26 heavy (non-hydrogen) atoms. The molecule has 0 atom stereocenters. The van der Waals surface area contributed by atoms with E-state index in [9.17, 15) is 14.4 Å². The van der Waals surface area contributed by atoms with Crippen molar-refractivity contribution in [1.82, 2.24) is 15.2 Å². The average Bonchev–Trinajstić information content (AvgIpc) is 2.91. The molecular weight excluding hydrogens is 338 g/mol. The third-order valence-corrected chi connectivity index (χ3v) is 3.82. The van der Waals surface area contributed by atoms with E-state index in [1.807, 2.05) is 0 Å². The Labute approximate surface area is 149 Å². The molecule has 0 saturated heterocycles. The van der Waals surface area contributed by atoms with E-state index in [-0.39, 0.29) is 36.9 Å². The summed E-state index contributed by atoms with van der Waals surface area (Å²) in [6.07, 6.45) is 1.46. The van der Waals surface area contributed by atoms with Crippen LogP contribution in [0.1, 0.15) is 20.8 Å². The first-order valence-electron chi connectivity index (χ1n) is 7.95. The molecular formula is C18H17N3O5. The van der Waals surface area contributed by atoms with Crippen molar-refractivity contribution in [2.45, 2.75) is 0 Å². The lowest BCUT2D eigenvalue weighted by Gasteiger charge is -2.14. The molecule has 0 unspecified atom stereocenters. The number of hydrogen-bond donors (Lipinski definition) is 1. The third-order valence-electron chi connectivity index (χ3n) is 3.82. The van der Waals surface area contributed by atoms with Gasteiger partial charge in [-0.05, 0) is 24.3 Å². The molecule has 2 aromatic rings. The van der Waals surface area contributed by atoms with Crippen molar-refractivity contribution in [2.75, 3.05) is 26.8 Å². The predicted molar refractivity (Wildman–Crippen MR) is 91.1 cm³/mol. The van der Waals surface area contributed by atoms with Gasteiger partial charge in [-0.15, -0.1) is 0 Å². The Hall–Kier alpha value is -3.42. The number of hydrogen-bond acceptors (Lipinski definition) is 6. The number of pyridine rings is 1. The van der Waals surface area contributed by atoms with Crippen molar-refractivity contribution in [2.24, 2.45) is 0 Å². The van der Waals surface area contributed by atoms with E-state index < -0.39 is 11.8 Å². The van der Waals surface area contributed by atoms with Crippen LogP contribution in [0.25, 0.3) is 0 Å². The second-order valence-corrected chi connectivity index (χ2v) is 5.45. The zero-order chi connectivity index (χ0) is 18.5. The van der Waals surface area contributed by atoms with Crippen LogP contribution >= 0.6 is 0 Å². The number of nitrogens with one attached hydrogen (secondary N) is 1. The highest BCUT2D eigenvalue weighted by Gasteiger charge is 2.36. The molecule has 0 bridgehead atoms. The average molecular weight is 355 g/mol. The van der Waals surface area contributed by atoms with Crippen LogP contribution in [0, 0.1) is 0 Å². The van der Waals surface area contributed by atoms with Crippen LogP contribution in [-0.4, -0.2) is 54.4 Å². The van der Waals surface area contributed by atoms with Crippen LogP contribution in [-0.2, 0) is 4.79 Å². The first-order chi connectivity index (χ1) is 12.6. The summed E-state index contributed by atoms with van der Waals surface area (Å²) < 4.78 is 10.5. The van der Waals surface area contributed by atoms with Crippen molar-refractivity contribution >= 4 is 17.7 Å². The molecule has 1 N–H and O–H groups in total. The van der Waals surface area contributed by atoms with Crippen LogP contribution in [0.4, 0.5) is 0 Å². The van der Waals surface area contributed by atoms with E-state index in [1.54, 1.807) is 36.4 Å². The highest BCUT2D eigenvalue weighted by Crippen LogP contribution is 2.25. The highest BCUT2D eigenvalue weighted by atomic mass is 16.5. The Bertz CT molecular complexity index is 817. The number of carbonyl (C=O) groups excluding carboxylic acids is 3. The summed E-state index contributed by atoms with van der Waals surface area (Å²) in [5.74, 6) is -0.247. The SMILES string of the molecule is COc1ccccc1OCC(=O)NCCN1C(=O)c2cccnc2C1=O. The van der Waals surface area contributed by atoms with E-state index in [1.165, 1.54) is 13.3 Å². The first kappa shape index (κ1) is 17.4. The monoisotopic (exact) mass is 355 g/mol. The minimum absolute atomic E-state index is 0.0639. The summed E-state index contributed by atoms with van der Waals surface area (Å²) in [6.45, 7) is -0.0158. The molecule has 3 amide bonds. The molecule has 8 heteroatoms. The summed E-state index contributed by atoms with van der Waals surface area (Å²) in [5.41, 5.74) is 0.423. The minimum atomic E-state index is -0.454. The lowest BCUT2D eigenvalue weighted by molar-refractivity contribution is -0.123. The number of benzene rings is 1. The number of para-hydroxylation sites is 2. The quantitative estimate of drug-likeness (QED) is 0.741. The van der Waals surface area contributed by atoms with E-state index in [2.05, 4.69) is 10.3 Å². The van der Waals surface area contributed by atoms with Crippen molar-refractivity contribution in [3.63, 3.8) is 0 Å². The number of nitrogens with zero attached hydrogens (tertiary/aromatic N) is 2. The van der Waals surface area contributed by atoms with E-state index in [4.69, 9.17) is 9.47 Å². The van der Waals surface area contributed by atoms with Crippen molar-refractivity contribution < 1.29 is 23.9 Å². The lowest BCUT2D eigenvalue weighted by Crippen LogP contribution is -2.39. The number of methoxy groups -OCH3 is 1. The van der Waals surface area contributed by atoms with Crippen molar-refractivity contribution in [3.8, 4) is 11.5 Å². The molecule has 134 valence electrons. The number of ether oxygens (including phenoxy) is 2. The fourth-order valence-corrected chi connectivity index (χ4v) is 2.56. The molecule has 3 rings (SSSR count). The lowest BCUT2D eigenvalue weighted by atomic mass is 10.2. The number of amides is 3. The fourth-order valence-electron chi connectivity index (χ4n) is 2.56. The van der Waals surface area contributed by atoms with Crippen molar-refractivity contribution in [1.29, 1.82) is 0 Å². The van der Waals surface area contributed by atoms with Gasteiger partial charge in [0.2, 0.25) is 0 Å². The molecule has 0 aliphatic carbocycles. The largest absolute Gasteiger partial charge is 0.493 e. The summed E-state index contributed by atoms with van der Waals surface area (Å²) in [5, 5.41) is 2.61. The van der Waals surface area contributed by atoms with Gasteiger partial charge in [-0.3, -0.25) is 24.3 Å². The van der Waals surface area contributed by atoms with Crippen molar-refractivity contribution in [3.05, 3.63) is 53.9 Å². The number of rotatable bonds is 7. The van der Waals surface area contributed by atoms with Gasteiger partial charge in [-0.1, -0.05) is 12.1 Å². The highest BCUT2D eigenvalue weighted by molar-refractivity contribution is 6.20. The summed E-state index contributed by atoms with van der Waals surface area (Å²) in [7, 11) is 1.51. The van der Waals surface area contributed by atoms with Gasteiger partial charge in [0.05, 0.1) is 12.7 Å². The zero-order valence-electron chi connectivity index (χ0n) is 14.1. The molecule has 1 aromatic carbocycles. The molecule has 1 aromatic heterocycles. The molecule has 2 heterocycles. The molecule has 0 fully saturated rings. The summed E-state index contributed by atoms with van der Waals surface area (Å²) in [4.78, 5) is 41.2. The van der Waals surface area contributed by atoms with Crippen LogP contribution < -0.4 is 14.8 Å². The summed E-state index contributed by atoms with van der Waals surface area (Å²) in [6, 6.07) is 10.1. The standard InChI is InChI=1S/C18H17N3O5/c1-25-13-6-2-3-7-14(13)26-11-15(22)19-9-10-21-17(23)12-5-4-8-20-16(12)18(21)24/h2-8H,9-11H2,1H3,(H,19,22). The van der Waals surface area contributed by atoms with Gasteiger partial charge in [0.1, 0.15) is 5.69 Å². The Morgan fingerprint density at radius 2 is 1.88 bits per heavy atom. The van der Waals surface area contributed by atoms with Gasteiger partial charge >= 0.3 is 0 Å². The smallest absolute Gasteiger partial charge is 0.280 e. The predicted octanol–water partition coefficient (Wildman–Crippen LogP) is 0.881. The number of carbonyl (C=O) groups is 3. The maximum atomic E-state index is 12.2. The third kappa shape index (κ3) is 3.49. The van der Waals surface area contributed by atoms with E-state index in [0.29, 0.717) is 11.5 Å². The van der Waals surface area contributed by atoms with Gasteiger partial charge in [0, 0.05) is 19.3 Å². The van der Waals surface area contributed by atoms with Gasteiger partial charge < -0.3 is 14.8 Å².